The van der Waals surface area contributed by atoms with E-state index < -0.39 is 23.1 Å². The van der Waals surface area contributed by atoms with Crippen LogP contribution in [0.15, 0.2) is 47.3 Å². The molecule has 4 aromatic rings. The van der Waals surface area contributed by atoms with Gasteiger partial charge in [-0.15, -0.1) is 0 Å². The minimum absolute atomic E-state index is 0.00663. The normalized spacial score (nSPS) is 13.9. The summed E-state index contributed by atoms with van der Waals surface area (Å²) in [6.07, 6.45) is 3.69. The van der Waals surface area contributed by atoms with Crippen molar-refractivity contribution in [1.29, 1.82) is 0 Å². The third-order valence-electron chi connectivity index (χ3n) is 5.49. The maximum atomic E-state index is 14.3. The van der Waals surface area contributed by atoms with Gasteiger partial charge in [-0.2, -0.15) is 5.10 Å². The number of rotatable bonds is 6. The highest BCUT2D eigenvalue weighted by molar-refractivity contribution is 6.03. The SMILES string of the molecule is [C-]#[N+]C1(C(=O)Nc2cnc(-c3cc(-c4ccon4)n(Cc4cccc(F)c4F)n3)nc2N)CC1. The van der Waals surface area contributed by atoms with Crippen molar-refractivity contribution in [2.75, 3.05) is 11.1 Å². The highest BCUT2D eigenvalue weighted by Gasteiger charge is 2.58. The number of aromatic nitrogens is 5. The number of carbonyl (C=O) groups is 1. The average molecular weight is 462 g/mol. The number of benzene rings is 1. The Morgan fingerprint density at radius 3 is 2.79 bits per heavy atom. The fraction of sp³-hybridized carbons (Fsp3) is 0.182. The van der Waals surface area contributed by atoms with Crippen molar-refractivity contribution in [2.24, 2.45) is 0 Å². The molecule has 34 heavy (non-hydrogen) atoms. The Kier molecular flexibility index (Phi) is 5.01. The second kappa shape index (κ2) is 8.04. The van der Waals surface area contributed by atoms with E-state index in [1.54, 1.807) is 12.1 Å². The number of nitrogens with zero attached hydrogens (tertiary/aromatic N) is 6. The van der Waals surface area contributed by atoms with Gasteiger partial charge in [0.05, 0.1) is 18.4 Å². The molecule has 1 aromatic carbocycles. The Bertz CT molecular complexity index is 1440. The number of nitrogen functional groups attached to an aromatic ring is 1. The van der Waals surface area contributed by atoms with Gasteiger partial charge in [0.1, 0.15) is 23.3 Å². The summed E-state index contributed by atoms with van der Waals surface area (Å²) in [7, 11) is 0. The summed E-state index contributed by atoms with van der Waals surface area (Å²) < 4.78 is 34.3. The van der Waals surface area contributed by atoms with Crippen molar-refractivity contribution in [1.82, 2.24) is 24.9 Å². The van der Waals surface area contributed by atoms with E-state index in [0.29, 0.717) is 29.9 Å². The maximum Gasteiger partial charge on any atom is 0.310 e. The summed E-state index contributed by atoms with van der Waals surface area (Å²) in [5.74, 6) is -2.25. The molecule has 0 spiro atoms. The topological polar surface area (TPSA) is 129 Å². The molecule has 3 aromatic heterocycles. The monoisotopic (exact) mass is 462 g/mol. The Morgan fingerprint density at radius 2 is 2.12 bits per heavy atom. The third kappa shape index (κ3) is 3.73. The molecule has 1 fully saturated rings. The van der Waals surface area contributed by atoms with E-state index >= 15 is 0 Å². The van der Waals surface area contributed by atoms with Crippen LogP contribution in [0.4, 0.5) is 20.3 Å². The van der Waals surface area contributed by atoms with Crippen molar-refractivity contribution in [2.45, 2.75) is 24.9 Å². The smallest absolute Gasteiger partial charge is 0.310 e. The second-order valence-electron chi connectivity index (χ2n) is 7.76. The van der Waals surface area contributed by atoms with Crippen molar-refractivity contribution < 1.29 is 18.1 Å². The molecule has 10 nitrogen and oxygen atoms in total. The first kappa shape index (κ1) is 21.2. The Hall–Kier alpha value is -4.66. The maximum absolute atomic E-state index is 14.3. The van der Waals surface area contributed by atoms with E-state index in [1.807, 2.05) is 0 Å². The van der Waals surface area contributed by atoms with E-state index in [0.717, 1.165) is 6.07 Å². The fourth-order valence-corrected chi connectivity index (χ4v) is 3.39. The predicted molar refractivity (Wildman–Crippen MR) is 116 cm³/mol. The number of amides is 1. The number of anilines is 2. The summed E-state index contributed by atoms with van der Waals surface area (Å²) in [6.45, 7) is 7.10. The molecule has 3 heterocycles. The van der Waals surface area contributed by atoms with Gasteiger partial charge in [0.2, 0.25) is 0 Å². The number of hydrogen-bond donors (Lipinski definition) is 2. The molecule has 0 atom stereocenters. The Labute approximate surface area is 191 Å². The molecule has 1 aliphatic carbocycles. The van der Waals surface area contributed by atoms with Gasteiger partial charge < -0.3 is 15.6 Å². The molecule has 1 amide bonds. The molecule has 0 unspecified atom stereocenters. The van der Waals surface area contributed by atoms with Gasteiger partial charge in [-0.05, 0) is 12.1 Å². The van der Waals surface area contributed by atoms with Crippen LogP contribution in [0, 0.1) is 18.2 Å². The quantitative estimate of drug-likeness (QED) is 0.421. The number of nitrogens with two attached hydrogens (primary N) is 1. The molecule has 0 aliphatic heterocycles. The van der Waals surface area contributed by atoms with Crippen molar-refractivity contribution >= 4 is 17.4 Å². The van der Waals surface area contributed by atoms with E-state index in [4.69, 9.17) is 16.8 Å². The van der Waals surface area contributed by atoms with Gasteiger partial charge in [0, 0.05) is 24.5 Å². The lowest BCUT2D eigenvalue weighted by atomic mass is 10.2. The zero-order valence-electron chi connectivity index (χ0n) is 17.5. The summed E-state index contributed by atoms with van der Waals surface area (Å²) in [5, 5.41) is 10.9. The summed E-state index contributed by atoms with van der Waals surface area (Å²) in [4.78, 5) is 24.1. The van der Waals surface area contributed by atoms with Gasteiger partial charge in [-0.1, -0.05) is 17.3 Å². The molecule has 1 saturated carbocycles. The van der Waals surface area contributed by atoms with Crippen LogP contribution < -0.4 is 11.1 Å². The number of carbonyl (C=O) groups excluding carboxylic acids is 1. The highest BCUT2D eigenvalue weighted by atomic mass is 19.2. The van der Waals surface area contributed by atoms with Gasteiger partial charge >= 0.3 is 11.4 Å². The average Bonchev–Trinajstić information content (AvgIpc) is 3.23. The van der Waals surface area contributed by atoms with E-state index in [2.05, 4.69) is 30.4 Å². The molecule has 1 aliphatic rings. The first-order chi connectivity index (χ1) is 16.4. The largest absolute Gasteiger partial charge is 0.382 e. The number of nitrogens with one attached hydrogen (secondary N) is 1. The van der Waals surface area contributed by atoms with Gasteiger partial charge in [-0.25, -0.2) is 25.3 Å². The van der Waals surface area contributed by atoms with E-state index in [-0.39, 0.29) is 29.4 Å². The first-order valence-corrected chi connectivity index (χ1v) is 10.1. The van der Waals surface area contributed by atoms with Crippen molar-refractivity contribution in [3.63, 3.8) is 0 Å². The Balaban J connectivity index is 1.47. The summed E-state index contributed by atoms with van der Waals surface area (Å²) in [5.41, 5.74) is 6.41. The van der Waals surface area contributed by atoms with E-state index in [9.17, 15) is 13.6 Å². The molecule has 12 heteroatoms. The van der Waals surface area contributed by atoms with Crippen LogP contribution in [0.25, 0.3) is 27.8 Å². The van der Waals surface area contributed by atoms with Gasteiger partial charge in [0.25, 0.3) is 0 Å². The van der Waals surface area contributed by atoms with Crippen LogP contribution in [-0.4, -0.2) is 36.4 Å². The fourth-order valence-electron chi connectivity index (χ4n) is 3.39. The lowest BCUT2D eigenvalue weighted by Crippen LogP contribution is -2.27. The second-order valence-corrected chi connectivity index (χ2v) is 7.76. The molecule has 0 bridgehead atoms. The molecule has 0 radical (unpaired) electrons. The van der Waals surface area contributed by atoms with Crippen molar-refractivity contribution in [3.05, 3.63) is 71.4 Å². The molecular formula is C22H16F2N8O2. The number of halogens is 2. The lowest BCUT2D eigenvalue weighted by Gasteiger charge is -2.08. The standard InChI is InChI=1S/C22H16F2N8O2/c1-26-22(6-7-22)21(33)28-16-10-27-20(29-19(16)25)15-9-17(14-5-8-34-31-14)32(30-15)11-12-3-2-4-13(23)18(12)24/h2-5,8-10H,6-7,11H2,(H,28,33)(H2,25,27,29). The first-order valence-electron chi connectivity index (χ1n) is 10.1. The molecule has 170 valence electrons. The van der Waals surface area contributed by atoms with E-state index in [1.165, 1.54) is 29.3 Å². The minimum atomic E-state index is -1.04. The molecular weight excluding hydrogens is 446 g/mol. The Morgan fingerprint density at radius 1 is 1.29 bits per heavy atom. The van der Waals surface area contributed by atoms with Crippen LogP contribution in [0.5, 0.6) is 0 Å². The third-order valence-corrected chi connectivity index (χ3v) is 5.49. The summed E-state index contributed by atoms with van der Waals surface area (Å²) >= 11 is 0. The highest BCUT2D eigenvalue weighted by Crippen LogP contribution is 2.41. The van der Waals surface area contributed by atoms with Crippen LogP contribution in [-0.2, 0) is 11.3 Å². The van der Waals surface area contributed by atoms with Crippen molar-refractivity contribution in [3.8, 4) is 22.9 Å². The minimum Gasteiger partial charge on any atom is -0.382 e. The van der Waals surface area contributed by atoms with Crippen LogP contribution in [0.3, 0.4) is 0 Å². The molecule has 3 N–H and O–H groups in total. The van der Waals surface area contributed by atoms with Gasteiger partial charge in [-0.3, -0.25) is 14.3 Å². The van der Waals surface area contributed by atoms with Crippen LogP contribution in [0.1, 0.15) is 18.4 Å². The lowest BCUT2D eigenvalue weighted by molar-refractivity contribution is -0.117. The zero-order chi connectivity index (χ0) is 23.9. The van der Waals surface area contributed by atoms with Gasteiger partial charge in [0.15, 0.2) is 23.3 Å². The number of hydrogen-bond acceptors (Lipinski definition) is 7. The predicted octanol–water partition coefficient (Wildman–Crippen LogP) is 3.29. The zero-order valence-corrected chi connectivity index (χ0v) is 17.5. The molecule has 5 rings (SSSR count). The molecule has 0 saturated heterocycles. The summed E-state index contributed by atoms with van der Waals surface area (Å²) in [6, 6.07) is 7.10. The van der Waals surface area contributed by atoms with Crippen LogP contribution >= 0.6 is 0 Å². The van der Waals surface area contributed by atoms with Crippen LogP contribution in [0.2, 0.25) is 0 Å².